The molecule has 1 saturated heterocycles. The monoisotopic (exact) mass is 416 g/mol. The first-order valence-corrected chi connectivity index (χ1v) is 11.4. The number of hydrogen-bond acceptors (Lipinski definition) is 7. The van der Waals surface area contributed by atoms with E-state index >= 15 is 0 Å². The summed E-state index contributed by atoms with van der Waals surface area (Å²) in [7, 11) is 0. The molecule has 0 radical (unpaired) electrons. The number of aromatic nitrogens is 4. The molecule has 1 saturated carbocycles. The van der Waals surface area contributed by atoms with Gasteiger partial charge < -0.3 is 4.90 Å². The van der Waals surface area contributed by atoms with Gasteiger partial charge in [-0.25, -0.2) is 4.68 Å². The van der Waals surface area contributed by atoms with Gasteiger partial charge in [0.2, 0.25) is 11.0 Å². The van der Waals surface area contributed by atoms with Crippen LogP contribution >= 0.6 is 11.3 Å². The third-order valence-corrected chi connectivity index (χ3v) is 6.90. The molecule has 8 nitrogen and oxygen atoms in total. The minimum Gasteiger partial charge on any atom is -0.355 e. The van der Waals surface area contributed by atoms with Gasteiger partial charge in [0.1, 0.15) is 17.4 Å². The van der Waals surface area contributed by atoms with E-state index < -0.39 is 0 Å². The van der Waals surface area contributed by atoms with Crippen molar-refractivity contribution < 1.29 is 4.79 Å². The number of amides is 1. The van der Waals surface area contributed by atoms with E-state index in [0.29, 0.717) is 17.0 Å². The third kappa shape index (κ3) is 5.01. The first-order chi connectivity index (χ1) is 14.1. The predicted octanol–water partition coefficient (Wildman–Crippen LogP) is 3.02. The zero-order valence-electron chi connectivity index (χ0n) is 16.8. The van der Waals surface area contributed by atoms with Gasteiger partial charge in [-0.3, -0.25) is 14.9 Å². The van der Waals surface area contributed by atoms with Gasteiger partial charge in [0, 0.05) is 25.1 Å². The second-order valence-corrected chi connectivity index (χ2v) is 9.19. The van der Waals surface area contributed by atoms with Gasteiger partial charge in [0.05, 0.1) is 0 Å². The van der Waals surface area contributed by atoms with Gasteiger partial charge in [0.15, 0.2) is 0 Å². The Kier molecular flexibility index (Phi) is 6.22. The second kappa shape index (κ2) is 9.02. The van der Waals surface area contributed by atoms with Crippen molar-refractivity contribution in [2.45, 2.75) is 64.3 Å². The molecule has 0 unspecified atom stereocenters. The lowest BCUT2D eigenvalue weighted by Crippen LogP contribution is -2.36. The summed E-state index contributed by atoms with van der Waals surface area (Å²) in [6.07, 6.45) is 8.26. The Morgan fingerprint density at radius 3 is 2.66 bits per heavy atom. The van der Waals surface area contributed by atoms with Crippen LogP contribution < -0.4 is 15.8 Å². The molecule has 4 rings (SSSR count). The maximum Gasteiger partial charge on any atom is 0.267 e. The Bertz CT molecular complexity index is 896. The number of anilines is 2. The van der Waals surface area contributed by atoms with Crippen LogP contribution in [0.25, 0.3) is 0 Å². The van der Waals surface area contributed by atoms with Gasteiger partial charge in [-0.05, 0) is 37.7 Å². The fraction of sp³-hybridized carbons (Fsp3) is 0.650. The summed E-state index contributed by atoms with van der Waals surface area (Å²) in [5, 5.41) is 17.1. The lowest BCUT2D eigenvalue weighted by molar-refractivity contribution is -0.117. The lowest BCUT2D eigenvalue weighted by atomic mass is 9.90. The number of carbonyl (C=O) groups excluding carboxylic acids is 1. The van der Waals surface area contributed by atoms with Crippen LogP contribution in [0.3, 0.4) is 0 Å². The van der Waals surface area contributed by atoms with Crippen LogP contribution in [0.4, 0.5) is 10.9 Å². The maximum atomic E-state index is 12.5. The summed E-state index contributed by atoms with van der Waals surface area (Å²) in [6.45, 7) is 3.97. The molecule has 2 fully saturated rings. The first-order valence-electron chi connectivity index (χ1n) is 10.5. The fourth-order valence-corrected chi connectivity index (χ4v) is 4.98. The highest BCUT2D eigenvalue weighted by atomic mass is 32.1. The van der Waals surface area contributed by atoms with Crippen molar-refractivity contribution in [2.75, 3.05) is 23.3 Å². The lowest BCUT2D eigenvalue weighted by Gasteiger charge is -2.31. The van der Waals surface area contributed by atoms with E-state index in [9.17, 15) is 9.59 Å². The van der Waals surface area contributed by atoms with E-state index in [0.717, 1.165) is 49.6 Å². The number of nitrogens with zero attached hydrogens (tertiary/aromatic N) is 5. The number of hydrogen-bond donors (Lipinski definition) is 1. The number of rotatable bonds is 5. The molecule has 2 aromatic rings. The van der Waals surface area contributed by atoms with Crippen LogP contribution in [0.5, 0.6) is 0 Å². The highest BCUT2D eigenvalue weighted by Gasteiger charge is 2.21. The van der Waals surface area contributed by atoms with Crippen LogP contribution in [-0.2, 0) is 11.3 Å². The molecule has 2 aromatic heterocycles. The summed E-state index contributed by atoms with van der Waals surface area (Å²) in [4.78, 5) is 26.8. The Labute approximate surface area is 174 Å². The summed E-state index contributed by atoms with van der Waals surface area (Å²) in [5.74, 6) is 1.61. The van der Waals surface area contributed by atoms with E-state index in [2.05, 4.69) is 32.4 Å². The molecule has 0 aromatic carbocycles. The summed E-state index contributed by atoms with van der Waals surface area (Å²) in [5.41, 5.74) is -0.283. The van der Waals surface area contributed by atoms with Gasteiger partial charge >= 0.3 is 0 Å². The number of nitrogens with one attached hydrogen (secondary N) is 1. The molecule has 1 aliphatic carbocycles. The Morgan fingerprint density at radius 2 is 1.90 bits per heavy atom. The molecule has 2 aliphatic rings. The largest absolute Gasteiger partial charge is 0.355 e. The molecule has 1 aliphatic heterocycles. The van der Waals surface area contributed by atoms with E-state index in [1.54, 1.807) is 6.07 Å². The molecule has 156 valence electrons. The zero-order chi connectivity index (χ0) is 20.2. The highest BCUT2D eigenvalue weighted by molar-refractivity contribution is 7.15. The molecule has 0 spiro atoms. The first kappa shape index (κ1) is 20.0. The summed E-state index contributed by atoms with van der Waals surface area (Å²) in [6, 6.07) is 3.23. The van der Waals surface area contributed by atoms with E-state index in [1.165, 1.54) is 41.3 Å². The minimum atomic E-state index is -0.310. The second-order valence-electron chi connectivity index (χ2n) is 8.19. The summed E-state index contributed by atoms with van der Waals surface area (Å²) >= 11 is 1.44. The van der Waals surface area contributed by atoms with E-state index in [4.69, 9.17) is 0 Å². The molecule has 9 heteroatoms. The summed E-state index contributed by atoms with van der Waals surface area (Å²) < 4.78 is 1.23. The molecule has 0 atom stereocenters. The number of carbonyl (C=O) groups is 1. The van der Waals surface area contributed by atoms with E-state index in [1.807, 2.05) is 0 Å². The third-order valence-electron chi connectivity index (χ3n) is 5.89. The fourth-order valence-electron chi connectivity index (χ4n) is 4.05. The van der Waals surface area contributed by atoms with Crippen LogP contribution in [0.15, 0.2) is 16.9 Å². The van der Waals surface area contributed by atoms with Gasteiger partial charge in [-0.1, -0.05) is 37.5 Å². The van der Waals surface area contributed by atoms with Crippen LogP contribution in [-0.4, -0.2) is 39.0 Å². The molecule has 3 heterocycles. The Hall–Kier alpha value is -2.29. The van der Waals surface area contributed by atoms with Crippen molar-refractivity contribution in [3.63, 3.8) is 0 Å². The average Bonchev–Trinajstić information content (AvgIpc) is 3.19. The molecular weight excluding hydrogens is 388 g/mol. The Balaban J connectivity index is 1.38. The van der Waals surface area contributed by atoms with Crippen LogP contribution in [0.1, 0.15) is 62.8 Å². The quantitative estimate of drug-likeness (QED) is 0.805. The van der Waals surface area contributed by atoms with Gasteiger partial charge in [0.25, 0.3) is 5.56 Å². The van der Waals surface area contributed by atoms with Gasteiger partial charge in [-0.2, -0.15) is 5.10 Å². The van der Waals surface area contributed by atoms with E-state index in [-0.39, 0.29) is 18.0 Å². The van der Waals surface area contributed by atoms with Crippen molar-refractivity contribution in [3.8, 4) is 0 Å². The zero-order valence-corrected chi connectivity index (χ0v) is 17.7. The number of piperidine rings is 1. The minimum absolute atomic E-state index is 0.130. The van der Waals surface area contributed by atoms with Crippen molar-refractivity contribution in [2.24, 2.45) is 5.92 Å². The van der Waals surface area contributed by atoms with Gasteiger partial charge in [-0.15, -0.1) is 10.2 Å². The molecule has 0 bridgehead atoms. The SMILES string of the molecule is CC1CCN(c2ccc(=O)n(CC(=O)Nc3nnc(C4CCCCC4)s3)n2)CC1. The van der Waals surface area contributed by atoms with Crippen molar-refractivity contribution in [1.82, 2.24) is 20.0 Å². The maximum absolute atomic E-state index is 12.5. The molecule has 1 amide bonds. The smallest absolute Gasteiger partial charge is 0.267 e. The topological polar surface area (TPSA) is 93.0 Å². The van der Waals surface area contributed by atoms with Crippen LogP contribution in [0.2, 0.25) is 0 Å². The highest BCUT2D eigenvalue weighted by Crippen LogP contribution is 2.35. The van der Waals surface area contributed by atoms with Crippen molar-refractivity contribution >= 4 is 28.2 Å². The molecule has 1 N–H and O–H groups in total. The van der Waals surface area contributed by atoms with Crippen molar-refractivity contribution in [3.05, 3.63) is 27.5 Å². The average molecular weight is 417 g/mol. The standard InChI is InChI=1S/C20H28N6O2S/c1-14-9-11-25(12-10-14)16-7-8-18(28)26(24-16)13-17(27)21-20-23-22-19(29-20)15-5-3-2-4-6-15/h7-8,14-15H,2-6,9-13H2,1H3,(H,21,23,27). The Morgan fingerprint density at radius 1 is 1.14 bits per heavy atom. The normalized spacial score (nSPS) is 18.7. The van der Waals surface area contributed by atoms with Crippen LogP contribution in [0, 0.1) is 5.92 Å². The predicted molar refractivity (Wildman–Crippen MR) is 113 cm³/mol. The molecule has 29 heavy (non-hydrogen) atoms. The molecular formula is C20H28N6O2S. The van der Waals surface area contributed by atoms with Crippen molar-refractivity contribution in [1.29, 1.82) is 0 Å².